The van der Waals surface area contributed by atoms with Crippen LogP contribution in [-0.4, -0.2) is 162 Å². The van der Waals surface area contributed by atoms with Gasteiger partial charge in [0, 0.05) is 94.3 Å². The van der Waals surface area contributed by atoms with E-state index in [1.165, 1.54) is 28.0 Å². The van der Waals surface area contributed by atoms with E-state index < -0.39 is 54.0 Å². The fourth-order valence-corrected chi connectivity index (χ4v) is 11.3. The van der Waals surface area contributed by atoms with Crippen LogP contribution in [0.3, 0.4) is 0 Å². The third-order valence-electron chi connectivity index (χ3n) is 16.4. The normalized spacial score (nSPS) is 22.9. The molecule has 0 radical (unpaired) electrons. The van der Waals surface area contributed by atoms with Crippen molar-refractivity contribution in [2.45, 2.75) is 200 Å². The quantitative estimate of drug-likeness (QED) is 0.0118. The van der Waals surface area contributed by atoms with Crippen molar-refractivity contribution in [1.29, 1.82) is 0 Å². The lowest BCUT2D eigenvalue weighted by atomic mass is 9.88. The molecule has 4 saturated heterocycles. The van der Waals surface area contributed by atoms with Crippen LogP contribution in [0.15, 0.2) is 72.0 Å². The number of benzene rings is 1. The van der Waals surface area contributed by atoms with Crippen LogP contribution in [0.25, 0.3) is 0 Å². The first-order valence-electron chi connectivity index (χ1n) is 31.6. The maximum atomic E-state index is 13.7. The molecule has 10 atom stereocenters. The van der Waals surface area contributed by atoms with E-state index in [0.29, 0.717) is 73.8 Å². The number of piperazine rings is 1. The number of hydrogen-bond donors (Lipinski definition) is 7. The van der Waals surface area contributed by atoms with Crippen LogP contribution in [0.2, 0.25) is 0 Å². The minimum Gasteiger partial charge on any atom is -0.445 e. The molecule has 1 unspecified atom stereocenters. The second kappa shape index (κ2) is 37.4. The summed E-state index contributed by atoms with van der Waals surface area (Å²) in [5, 5.41) is 14.3. The summed E-state index contributed by atoms with van der Waals surface area (Å²) in [6, 6.07) is 4.89. The molecular weight excluding hydrogens is 1230 g/mol. The van der Waals surface area contributed by atoms with Crippen molar-refractivity contribution in [2.75, 3.05) is 50.0 Å². The number of rotatable bonds is 34. The molecule has 90 heavy (non-hydrogen) atoms. The van der Waals surface area contributed by atoms with Gasteiger partial charge in [0.1, 0.15) is 18.5 Å². The lowest BCUT2D eigenvalue weighted by molar-refractivity contribution is -0.131. The molecular formula is C65H96BrN9O15. The van der Waals surface area contributed by atoms with E-state index in [1.807, 2.05) is 46.8 Å². The predicted molar refractivity (Wildman–Crippen MR) is 341 cm³/mol. The standard InChI is InChI=1S/C65H96BrN9O15/c1-8-48(34-59(81)72-53-32-43(5)55(89-45(53)7)25-18-42(4)17-24-51-36-65(40-87-65)37-52(90-51)35-56(67)78)70-58(80)26-19-44(6)88-64(85)75-30-28-74(29-31-75)63(84)86-39-46-20-22-49(23-21-46)71-61(82)47(14-13-27-69-62(68)83)33-54(77)60(41(2)3)73-57(79)16-12-10-9-11-15-50(76)38-66/h17-24,26,34,41,43-45,47,51-53,55,60H,8-16,25,27-33,35-40H2,1-7H3,(H2,67,78)(H,70,80)(H,71,82)(H,72,81)(H,73,79)(H3,68,69,83)/b24-17+,26-19-,42-18+,48-34+/t43-,44-,45+,47+,51?,52+,53+,55-,60-,65+/m0/s1. The van der Waals surface area contributed by atoms with Gasteiger partial charge >= 0.3 is 18.2 Å². The first-order chi connectivity index (χ1) is 42.8. The van der Waals surface area contributed by atoms with Crippen molar-refractivity contribution in [2.24, 2.45) is 29.2 Å². The molecule has 9 N–H and O–H groups in total. The number of carbonyl (C=O) groups is 10. The van der Waals surface area contributed by atoms with E-state index in [1.54, 1.807) is 31.2 Å². The molecule has 24 nitrogen and oxygen atoms in total. The highest BCUT2D eigenvalue weighted by Gasteiger charge is 2.51. The van der Waals surface area contributed by atoms with Gasteiger partial charge in [-0.15, -0.1) is 0 Å². The third kappa shape index (κ3) is 26.5. The van der Waals surface area contributed by atoms with Crippen molar-refractivity contribution in [3.05, 3.63) is 77.6 Å². The number of anilines is 1. The molecule has 4 fully saturated rings. The second-order valence-corrected chi connectivity index (χ2v) is 25.0. The SMILES string of the molecule is CC/C(=C\C(=O)N[C@@H]1C[C@H](C)[C@H](C/C=C(C)/C=C/C2C[C@]3(CO3)C[C@@H](CC(N)=O)O2)O[C@@H]1C)NC(=O)/C=C\[C@H](C)OC(=O)N1CCN(C(=O)OCc2ccc(NC(=O)[C@H](CCCNC(N)=O)CC(=O)[C@@H](NC(=O)CCCCCCC(=O)CBr)C(C)C)cc2)CC1. The Balaban J connectivity index is 0.989. The fraction of sp³-hybridized carbons (Fsp3) is 0.631. The van der Waals surface area contributed by atoms with Crippen LogP contribution < -0.4 is 38.1 Å². The molecule has 25 heteroatoms. The second-order valence-electron chi connectivity index (χ2n) is 24.4. The number of unbranched alkanes of at least 4 members (excludes halogenated alkanes) is 3. The lowest BCUT2D eigenvalue weighted by Crippen LogP contribution is -2.51. The Bertz CT molecular complexity index is 2740. The number of carbonyl (C=O) groups excluding carboxylic acids is 10. The van der Waals surface area contributed by atoms with E-state index >= 15 is 0 Å². The number of halogens is 1. The van der Waals surface area contributed by atoms with Crippen molar-refractivity contribution >= 4 is 80.9 Å². The van der Waals surface area contributed by atoms with Gasteiger partial charge in [0.2, 0.25) is 29.5 Å². The molecule has 5 rings (SSSR count). The molecule has 1 spiro atoms. The first-order valence-corrected chi connectivity index (χ1v) is 32.7. The van der Waals surface area contributed by atoms with Gasteiger partial charge in [0.05, 0.1) is 60.5 Å². The Morgan fingerprint density at radius 1 is 0.856 bits per heavy atom. The molecule has 0 bridgehead atoms. The van der Waals surface area contributed by atoms with Gasteiger partial charge in [-0.2, -0.15) is 0 Å². The molecule has 1 aromatic carbocycles. The molecule has 4 aliphatic heterocycles. The third-order valence-corrected chi connectivity index (χ3v) is 17.0. The number of Topliss-reactive ketones (excluding diaryl/α,β-unsaturated/α-hetero) is 2. The Labute approximate surface area is 537 Å². The predicted octanol–water partition coefficient (Wildman–Crippen LogP) is 7.22. The highest BCUT2D eigenvalue weighted by atomic mass is 79.9. The number of allylic oxidation sites excluding steroid dienone is 3. The number of amides is 9. The molecule has 0 aromatic heterocycles. The zero-order valence-corrected chi connectivity index (χ0v) is 54.9. The van der Waals surface area contributed by atoms with Gasteiger partial charge in [0.15, 0.2) is 5.78 Å². The Morgan fingerprint density at radius 3 is 2.17 bits per heavy atom. The largest absolute Gasteiger partial charge is 0.445 e. The van der Waals surface area contributed by atoms with E-state index in [4.69, 9.17) is 35.2 Å². The minimum atomic E-state index is -0.813. The number of nitrogens with zero attached hydrogens (tertiary/aromatic N) is 2. The molecule has 0 saturated carbocycles. The average molecular weight is 1320 g/mol. The molecule has 4 aliphatic rings. The Hall–Kier alpha value is -6.96. The van der Waals surface area contributed by atoms with E-state index in [0.717, 1.165) is 31.3 Å². The van der Waals surface area contributed by atoms with Crippen molar-refractivity contribution in [3.63, 3.8) is 0 Å². The summed E-state index contributed by atoms with van der Waals surface area (Å²) in [5.41, 5.74) is 13.0. The minimum absolute atomic E-state index is 0.0524. The fourth-order valence-electron chi connectivity index (χ4n) is 11.0. The number of nitrogens with two attached hydrogens (primary N) is 2. The van der Waals surface area contributed by atoms with Gasteiger partial charge < -0.3 is 71.5 Å². The van der Waals surface area contributed by atoms with Gasteiger partial charge in [-0.1, -0.05) is 92.4 Å². The van der Waals surface area contributed by atoms with Gasteiger partial charge in [-0.05, 0) is 101 Å². The monoisotopic (exact) mass is 1320 g/mol. The van der Waals surface area contributed by atoms with Crippen molar-refractivity contribution in [1.82, 2.24) is 31.1 Å². The van der Waals surface area contributed by atoms with Crippen LogP contribution in [0.4, 0.5) is 20.1 Å². The molecule has 0 aliphatic carbocycles. The van der Waals surface area contributed by atoms with Crippen LogP contribution in [0.5, 0.6) is 0 Å². The van der Waals surface area contributed by atoms with E-state index in [9.17, 15) is 47.9 Å². The maximum absolute atomic E-state index is 13.7. The lowest BCUT2D eigenvalue weighted by Gasteiger charge is -2.39. The number of ether oxygens (including phenoxy) is 5. The molecule has 498 valence electrons. The number of ketones is 2. The molecule has 4 heterocycles. The number of alkyl halides is 1. The first kappa shape index (κ1) is 73.8. The molecule has 9 amide bonds. The van der Waals surface area contributed by atoms with Crippen molar-refractivity contribution in [3.8, 4) is 0 Å². The average Bonchev–Trinajstić information content (AvgIpc) is 1.64. The van der Waals surface area contributed by atoms with Gasteiger partial charge in [0.25, 0.3) is 0 Å². The number of primary amides is 2. The summed E-state index contributed by atoms with van der Waals surface area (Å²) >= 11 is 3.16. The van der Waals surface area contributed by atoms with Crippen LogP contribution in [0.1, 0.15) is 150 Å². The summed E-state index contributed by atoms with van der Waals surface area (Å²) < 4.78 is 29.4. The van der Waals surface area contributed by atoms with E-state index in [-0.39, 0.29) is 136 Å². The number of urea groups is 1. The Kier molecular flexibility index (Phi) is 30.7. The van der Waals surface area contributed by atoms with Crippen LogP contribution in [-0.2, 0) is 63.9 Å². The zero-order chi connectivity index (χ0) is 65.9. The number of epoxide rings is 1. The van der Waals surface area contributed by atoms with Gasteiger partial charge in [-0.25, -0.2) is 14.4 Å². The van der Waals surface area contributed by atoms with Crippen LogP contribution >= 0.6 is 15.9 Å². The van der Waals surface area contributed by atoms with Crippen LogP contribution in [0, 0.1) is 17.8 Å². The summed E-state index contributed by atoms with van der Waals surface area (Å²) in [6.07, 6.45) is 14.9. The van der Waals surface area contributed by atoms with Crippen molar-refractivity contribution < 1.29 is 71.6 Å². The number of hydrogen-bond acceptors (Lipinski definition) is 15. The highest BCUT2D eigenvalue weighted by Crippen LogP contribution is 2.43. The summed E-state index contributed by atoms with van der Waals surface area (Å²) in [5.74, 6) is -3.00. The summed E-state index contributed by atoms with van der Waals surface area (Å²) in [7, 11) is 0. The zero-order valence-electron chi connectivity index (χ0n) is 53.4. The summed E-state index contributed by atoms with van der Waals surface area (Å²) in [4.78, 5) is 130. The van der Waals surface area contributed by atoms with Gasteiger partial charge in [-0.3, -0.25) is 33.6 Å². The maximum Gasteiger partial charge on any atom is 0.410 e. The van der Waals surface area contributed by atoms with E-state index in [2.05, 4.69) is 55.5 Å². The molecule has 1 aromatic rings. The summed E-state index contributed by atoms with van der Waals surface area (Å²) in [6.45, 7) is 14.6. The topological polar surface area (TPSA) is 339 Å². The smallest absolute Gasteiger partial charge is 0.410 e. The highest BCUT2D eigenvalue weighted by molar-refractivity contribution is 9.09. The number of nitrogens with one attached hydrogen (secondary N) is 5. The Morgan fingerprint density at radius 2 is 1.53 bits per heavy atom.